The molecule has 0 bridgehead atoms. The van der Waals surface area contributed by atoms with Gasteiger partial charge in [0.1, 0.15) is 5.67 Å². The second-order valence-corrected chi connectivity index (χ2v) is 4.63. The fourth-order valence-electron chi connectivity index (χ4n) is 1.87. The summed E-state index contributed by atoms with van der Waals surface area (Å²) in [5.41, 5.74) is 4.94. The largest absolute Gasteiger partial charge is 0.381 e. The maximum absolute atomic E-state index is 14.0. The molecule has 0 unspecified atom stereocenters. The zero-order valence-corrected chi connectivity index (χ0v) is 8.02. The Hall–Kier alpha value is -0.150. The average molecular weight is 187 g/mol. The molecule has 2 fully saturated rings. The molecule has 1 aliphatic carbocycles. The highest BCUT2D eigenvalue weighted by atomic mass is 19.1. The quantitative estimate of drug-likeness (QED) is 0.731. The molecule has 2 N–H and O–H groups in total. The second kappa shape index (κ2) is 3.21. The van der Waals surface area contributed by atoms with Crippen molar-refractivity contribution in [2.24, 2.45) is 5.73 Å². The summed E-state index contributed by atoms with van der Waals surface area (Å²) >= 11 is 0. The summed E-state index contributed by atoms with van der Waals surface area (Å²) in [7, 11) is 0. The molecule has 0 aromatic rings. The minimum Gasteiger partial charge on any atom is -0.381 e. The van der Waals surface area contributed by atoms with E-state index in [1.165, 1.54) is 0 Å². The third kappa shape index (κ3) is 2.41. The smallest absolute Gasteiger partial charge is 0.115 e. The SMILES string of the molecule is NC1(CCC2(F)CCOCC2)CC1. The molecule has 1 aliphatic heterocycles. The Bertz CT molecular complexity index is 185. The first kappa shape index (κ1) is 9.41. The molecule has 0 radical (unpaired) electrons. The van der Waals surface area contributed by atoms with Gasteiger partial charge in [0, 0.05) is 31.6 Å². The third-order valence-electron chi connectivity index (χ3n) is 3.35. The molecular weight excluding hydrogens is 169 g/mol. The number of rotatable bonds is 3. The second-order valence-electron chi connectivity index (χ2n) is 4.63. The van der Waals surface area contributed by atoms with Crippen LogP contribution in [-0.4, -0.2) is 24.4 Å². The Balaban J connectivity index is 1.77. The topological polar surface area (TPSA) is 35.2 Å². The zero-order valence-electron chi connectivity index (χ0n) is 8.02. The van der Waals surface area contributed by atoms with Gasteiger partial charge < -0.3 is 10.5 Å². The fourth-order valence-corrected chi connectivity index (χ4v) is 1.87. The van der Waals surface area contributed by atoms with E-state index in [0.29, 0.717) is 32.5 Å². The Labute approximate surface area is 78.6 Å². The Kier molecular flexibility index (Phi) is 2.32. The standard InChI is InChI=1S/C10H18FNO/c11-9(5-7-13-8-6-9)1-2-10(12)3-4-10/h1-8,12H2. The van der Waals surface area contributed by atoms with Gasteiger partial charge in [-0.05, 0) is 25.7 Å². The number of hydrogen-bond acceptors (Lipinski definition) is 2. The number of alkyl halides is 1. The molecule has 2 rings (SSSR count). The van der Waals surface area contributed by atoms with Crippen molar-refractivity contribution in [3.05, 3.63) is 0 Å². The van der Waals surface area contributed by atoms with E-state index in [1.54, 1.807) is 0 Å². The number of nitrogens with two attached hydrogens (primary N) is 1. The van der Waals surface area contributed by atoms with Gasteiger partial charge in [0.15, 0.2) is 0 Å². The van der Waals surface area contributed by atoms with E-state index in [1.807, 2.05) is 0 Å². The maximum atomic E-state index is 14.0. The van der Waals surface area contributed by atoms with E-state index in [9.17, 15) is 4.39 Å². The lowest BCUT2D eigenvalue weighted by molar-refractivity contribution is -0.0152. The molecule has 1 saturated heterocycles. The monoisotopic (exact) mass is 187 g/mol. The van der Waals surface area contributed by atoms with Crippen molar-refractivity contribution in [2.45, 2.75) is 49.7 Å². The molecule has 3 heteroatoms. The molecule has 0 aromatic heterocycles. The van der Waals surface area contributed by atoms with Crippen LogP contribution in [0.2, 0.25) is 0 Å². The van der Waals surface area contributed by atoms with Gasteiger partial charge in [-0.2, -0.15) is 0 Å². The molecule has 1 heterocycles. The van der Waals surface area contributed by atoms with Gasteiger partial charge in [-0.15, -0.1) is 0 Å². The summed E-state index contributed by atoms with van der Waals surface area (Å²) in [6, 6.07) is 0. The minimum absolute atomic E-state index is 0.00259. The summed E-state index contributed by atoms with van der Waals surface area (Å²) in [4.78, 5) is 0. The molecule has 76 valence electrons. The van der Waals surface area contributed by atoms with Crippen molar-refractivity contribution in [2.75, 3.05) is 13.2 Å². The van der Waals surface area contributed by atoms with Gasteiger partial charge in [-0.25, -0.2) is 4.39 Å². The molecular formula is C10H18FNO. The van der Waals surface area contributed by atoms with Crippen LogP contribution in [0.1, 0.15) is 38.5 Å². The lowest BCUT2D eigenvalue weighted by Gasteiger charge is -2.30. The van der Waals surface area contributed by atoms with Crippen molar-refractivity contribution in [1.29, 1.82) is 0 Å². The van der Waals surface area contributed by atoms with Crippen LogP contribution in [0.4, 0.5) is 4.39 Å². The van der Waals surface area contributed by atoms with E-state index < -0.39 is 5.67 Å². The number of ether oxygens (including phenoxy) is 1. The molecule has 0 spiro atoms. The van der Waals surface area contributed by atoms with Crippen LogP contribution in [0.3, 0.4) is 0 Å². The van der Waals surface area contributed by atoms with Crippen LogP contribution < -0.4 is 5.73 Å². The average Bonchev–Trinajstić information content (AvgIpc) is 2.84. The first-order valence-corrected chi connectivity index (χ1v) is 5.18. The predicted molar refractivity (Wildman–Crippen MR) is 49.3 cm³/mol. The highest BCUT2D eigenvalue weighted by Gasteiger charge is 2.41. The van der Waals surface area contributed by atoms with Gasteiger partial charge in [0.25, 0.3) is 0 Å². The predicted octanol–water partition coefficient (Wildman–Crippen LogP) is 1.78. The van der Waals surface area contributed by atoms with Crippen LogP contribution >= 0.6 is 0 Å². The van der Waals surface area contributed by atoms with E-state index >= 15 is 0 Å². The van der Waals surface area contributed by atoms with Crippen LogP contribution in [0.5, 0.6) is 0 Å². The van der Waals surface area contributed by atoms with Crippen molar-refractivity contribution in [3.63, 3.8) is 0 Å². The first-order chi connectivity index (χ1) is 6.12. The third-order valence-corrected chi connectivity index (χ3v) is 3.35. The number of halogens is 1. The molecule has 13 heavy (non-hydrogen) atoms. The van der Waals surface area contributed by atoms with Crippen LogP contribution in [0, 0.1) is 0 Å². The van der Waals surface area contributed by atoms with E-state index in [-0.39, 0.29) is 5.54 Å². The molecule has 0 amide bonds. The van der Waals surface area contributed by atoms with Crippen LogP contribution in [0.25, 0.3) is 0 Å². The Morgan fingerprint density at radius 3 is 2.23 bits per heavy atom. The summed E-state index contributed by atoms with van der Waals surface area (Å²) in [5, 5.41) is 0. The zero-order chi connectivity index (χ0) is 9.36. The van der Waals surface area contributed by atoms with E-state index in [4.69, 9.17) is 10.5 Å². The van der Waals surface area contributed by atoms with Crippen molar-refractivity contribution in [3.8, 4) is 0 Å². The van der Waals surface area contributed by atoms with Crippen molar-refractivity contribution < 1.29 is 9.13 Å². The molecule has 1 saturated carbocycles. The highest BCUT2D eigenvalue weighted by Crippen LogP contribution is 2.41. The Morgan fingerprint density at radius 2 is 1.69 bits per heavy atom. The first-order valence-electron chi connectivity index (χ1n) is 5.18. The molecule has 2 aliphatic rings. The molecule has 0 aromatic carbocycles. The van der Waals surface area contributed by atoms with E-state index in [2.05, 4.69) is 0 Å². The molecule has 0 atom stereocenters. The summed E-state index contributed by atoms with van der Waals surface area (Å²) in [6.07, 6.45) is 4.77. The lowest BCUT2D eigenvalue weighted by atomic mass is 9.89. The normalized spacial score (nSPS) is 30.0. The molecule has 2 nitrogen and oxygen atoms in total. The highest BCUT2D eigenvalue weighted by molar-refractivity contribution is 5.00. The maximum Gasteiger partial charge on any atom is 0.115 e. The van der Waals surface area contributed by atoms with Crippen molar-refractivity contribution in [1.82, 2.24) is 0 Å². The van der Waals surface area contributed by atoms with Crippen molar-refractivity contribution >= 4 is 0 Å². The lowest BCUT2D eigenvalue weighted by Crippen LogP contribution is -2.34. The van der Waals surface area contributed by atoms with Gasteiger partial charge in [-0.3, -0.25) is 0 Å². The number of hydrogen-bond donors (Lipinski definition) is 1. The van der Waals surface area contributed by atoms with Gasteiger partial charge >= 0.3 is 0 Å². The fraction of sp³-hybridized carbons (Fsp3) is 1.00. The van der Waals surface area contributed by atoms with Gasteiger partial charge in [0.2, 0.25) is 0 Å². The van der Waals surface area contributed by atoms with Gasteiger partial charge in [0.05, 0.1) is 0 Å². The summed E-state index contributed by atoms with van der Waals surface area (Å²) in [6.45, 7) is 1.15. The van der Waals surface area contributed by atoms with Crippen LogP contribution in [-0.2, 0) is 4.74 Å². The van der Waals surface area contributed by atoms with Gasteiger partial charge in [-0.1, -0.05) is 0 Å². The van der Waals surface area contributed by atoms with Crippen LogP contribution in [0.15, 0.2) is 0 Å². The summed E-state index contributed by atoms with van der Waals surface area (Å²) in [5.74, 6) is 0. The van der Waals surface area contributed by atoms with E-state index in [0.717, 1.165) is 19.3 Å². The summed E-state index contributed by atoms with van der Waals surface area (Å²) < 4.78 is 19.1. The Morgan fingerprint density at radius 1 is 1.08 bits per heavy atom. The minimum atomic E-state index is -0.979.